The normalized spacial score (nSPS) is 21.7. The van der Waals surface area contributed by atoms with Crippen molar-refractivity contribution in [2.75, 3.05) is 32.5 Å². The highest BCUT2D eigenvalue weighted by Crippen LogP contribution is 2.23. The minimum atomic E-state index is -3.40. The van der Waals surface area contributed by atoms with E-state index in [9.17, 15) is 17.6 Å². The van der Waals surface area contributed by atoms with Crippen LogP contribution in [0.5, 0.6) is 5.75 Å². The Bertz CT molecular complexity index is 856. The molecule has 1 unspecified atom stereocenters. The van der Waals surface area contributed by atoms with Gasteiger partial charge in [0.1, 0.15) is 6.04 Å². The summed E-state index contributed by atoms with van der Waals surface area (Å²) in [6.45, 7) is 4.50. The van der Waals surface area contributed by atoms with Crippen molar-refractivity contribution >= 4 is 15.9 Å². The van der Waals surface area contributed by atoms with Gasteiger partial charge in [0, 0.05) is 32.2 Å². The molecule has 0 radical (unpaired) electrons. The van der Waals surface area contributed by atoms with Crippen molar-refractivity contribution in [2.45, 2.75) is 64.1 Å². The number of likely N-dealkylation sites (tertiary alicyclic amines) is 1. The van der Waals surface area contributed by atoms with Crippen molar-refractivity contribution in [1.29, 1.82) is 0 Å². The third-order valence-electron chi connectivity index (χ3n) is 6.13. The first kappa shape index (κ1) is 23.9. The smallest absolute Gasteiger partial charge is 0.238 e. The van der Waals surface area contributed by atoms with Gasteiger partial charge in [0.05, 0.1) is 12.9 Å². The molecule has 0 saturated carbocycles. The Balaban J connectivity index is 1.51. The molecule has 7 nitrogen and oxygen atoms in total. The van der Waals surface area contributed by atoms with Crippen molar-refractivity contribution in [3.8, 4) is 5.75 Å². The number of amides is 1. The molecule has 2 saturated heterocycles. The van der Waals surface area contributed by atoms with E-state index in [0.717, 1.165) is 44.3 Å². The zero-order valence-corrected chi connectivity index (χ0v) is 19.3. The quantitative estimate of drug-likeness (QED) is 0.652. The molecular weight excluding hydrogens is 421 g/mol. The van der Waals surface area contributed by atoms with Gasteiger partial charge < -0.3 is 10.1 Å². The molecule has 2 heterocycles. The van der Waals surface area contributed by atoms with Gasteiger partial charge in [-0.2, -0.15) is 4.31 Å². The van der Waals surface area contributed by atoms with Crippen LogP contribution >= 0.6 is 0 Å². The molecule has 1 aromatic rings. The van der Waals surface area contributed by atoms with E-state index in [1.165, 1.54) is 17.5 Å². The van der Waals surface area contributed by atoms with E-state index in [2.05, 4.69) is 10.2 Å². The Morgan fingerprint density at radius 3 is 2.58 bits per heavy atom. The summed E-state index contributed by atoms with van der Waals surface area (Å²) in [6.07, 6.45) is 4.38. The Labute approximate surface area is 185 Å². The molecule has 2 aliphatic heterocycles. The van der Waals surface area contributed by atoms with E-state index < -0.39 is 16.1 Å². The SMILES string of the molecule is CCCS(=O)(=O)N1CCCCC1C(=O)NC1CCN(Cc2ccc(OC)c(F)c2)CC1. The number of benzene rings is 1. The molecular formula is C22H34FN3O4S. The lowest BCUT2D eigenvalue weighted by atomic mass is 10.0. The van der Waals surface area contributed by atoms with Gasteiger partial charge in [-0.25, -0.2) is 12.8 Å². The molecule has 0 bridgehead atoms. The van der Waals surface area contributed by atoms with Crippen LogP contribution in [-0.2, 0) is 21.4 Å². The lowest BCUT2D eigenvalue weighted by Crippen LogP contribution is -2.55. The second-order valence-corrected chi connectivity index (χ2v) is 10.5. The Kier molecular flexibility index (Phi) is 8.30. The van der Waals surface area contributed by atoms with Gasteiger partial charge in [0.25, 0.3) is 0 Å². The fourth-order valence-electron chi connectivity index (χ4n) is 4.47. The number of nitrogens with zero attached hydrogens (tertiary/aromatic N) is 2. The predicted octanol–water partition coefficient (Wildman–Crippen LogP) is 2.51. The second-order valence-electron chi connectivity index (χ2n) is 8.47. The van der Waals surface area contributed by atoms with Gasteiger partial charge in [-0.05, 0) is 49.8 Å². The van der Waals surface area contributed by atoms with E-state index in [1.54, 1.807) is 6.07 Å². The monoisotopic (exact) mass is 455 g/mol. The highest BCUT2D eigenvalue weighted by atomic mass is 32.2. The molecule has 2 fully saturated rings. The van der Waals surface area contributed by atoms with Crippen molar-refractivity contribution in [2.24, 2.45) is 0 Å². The molecule has 0 aliphatic carbocycles. The van der Waals surface area contributed by atoms with Crippen LogP contribution in [0.1, 0.15) is 51.0 Å². The Morgan fingerprint density at radius 1 is 1.19 bits per heavy atom. The van der Waals surface area contributed by atoms with Crippen LogP contribution in [0.2, 0.25) is 0 Å². The van der Waals surface area contributed by atoms with Gasteiger partial charge in [-0.3, -0.25) is 9.69 Å². The van der Waals surface area contributed by atoms with Crippen LogP contribution in [0.3, 0.4) is 0 Å². The molecule has 2 aliphatic rings. The first-order valence-corrected chi connectivity index (χ1v) is 12.8. The van der Waals surface area contributed by atoms with Crippen LogP contribution in [0.25, 0.3) is 0 Å². The van der Waals surface area contributed by atoms with Crippen LogP contribution < -0.4 is 10.1 Å². The molecule has 0 aromatic heterocycles. The van der Waals surface area contributed by atoms with Gasteiger partial charge in [-0.1, -0.05) is 19.4 Å². The minimum absolute atomic E-state index is 0.0361. The van der Waals surface area contributed by atoms with Crippen molar-refractivity contribution in [1.82, 2.24) is 14.5 Å². The van der Waals surface area contributed by atoms with Gasteiger partial charge in [0.2, 0.25) is 15.9 Å². The van der Waals surface area contributed by atoms with Gasteiger partial charge in [0.15, 0.2) is 11.6 Å². The zero-order chi connectivity index (χ0) is 22.4. The lowest BCUT2D eigenvalue weighted by Gasteiger charge is -2.36. The molecule has 3 rings (SSSR count). The first-order chi connectivity index (χ1) is 14.8. The fraction of sp³-hybridized carbons (Fsp3) is 0.682. The first-order valence-electron chi connectivity index (χ1n) is 11.2. The predicted molar refractivity (Wildman–Crippen MR) is 118 cm³/mol. The van der Waals surface area contributed by atoms with E-state index in [1.807, 2.05) is 13.0 Å². The number of nitrogens with one attached hydrogen (secondary N) is 1. The number of carbonyl (C=O) groups excluding carboxylic acids is 1. The van der Waals surface area contributed by atoms with E-state index in [4.69, 9.17) is 4.74 Å². The fourth-order valence-corrected chi connectivity index (χ4v) is 6.22. The standard InChI is InChI=1S/C22H34FN3O4S/c1-3-14-31(28,29)26-11-5-4-6-20(26)22(27)24-18-9-12-25(13-10-18)16-17-7-8-21(30-2)19(23)15-17/h7-8,15,18,20H,3-6,9-14,16H2,1-2H3,(H,24,27). The maximum atomic E-state index is 13.9. The van der Waals surface area contributed by atoms with E-state index in [-0.39, 0.29) is 29.3 Å². The minimum Gasteiger partial charge on any atom is -0.494 e. The van der Waals surface area contributed by atoms with Gasteiger partial charge >= 0.3 is 0 Å². The van der Waals surface area contributed by atoms with Gasteiger partial charge in [-0.15, -0.1) is 0 Å². The zero-order valence-electron chi connectivity index (χ0n) is 18.5. The number of carbonyl (C=O) groups is 1. The van der Waals surface area contributed by atoms with E-state index >= 15 is 0 Å². The molecule has 31 heavy (non-hydrogen) atoms. The number of hydrogen-bond acceptors (Lipinski definition) is 5. The van der Waals surface area contributed by atoms with Crippen molar-refractivity contribution in [3.05, 3.63) is 29.6 Å². The summed E-state index contributed by atoms with van der Waals surface area (Å²) < 4.78 is 45.5. The van der Waals surface area contributed by atoms with Crippen LogP contribution in [-0.4, -0.2) is 68.1 Å². The number of ether oxygens (including phenoxy) is 1. The van der Waals surface area contributed by atoms with Crippen molar-refractivity contribution in [3.63, 3.8) is 0 Å². The number of rotatable bonds is 8. The summed E-state index contributed by atoms with van der Waals surface area (Å²) in [5.74, 6) is -0.212. The summed E-state index contributed by atoms with van der Waals surface area (Å²) in [5, 5.41) is 3.09. The summed E-state index contributed by atoms with van der Waals surface area (Å²) in [7, 11) is -1.95. The molecule has 1 N–H and O–H groups in total. The topological polar surface area (TPSA) is 79.0 Å². The molecule has 174 valence electrons. The number of piperidine rings is 2. The summed E-state index contributed by atoms with van der Waals surface area (Å²) in [4.78, 5) is 15.2. The Morgan fingerprint density at radius 2 is 1.94 bits per heavy atom. The number of sulfonamides is 1. The number of hydrogen-bond donors (Lipinski definition) is 1. The highest BCUT2D eigenvalue weighted by molar-refractivity contribution is 7.89. The largest absolute Gasteiger partial charge is 0.494 e. The summed E-state index contributed by atoms with van der Waals surface area (Å²) in [5.41, 5.74) is 0.889. The lowest BCUT2D eigenvalue weighted by molar-refractivity contribution is -0.126. The maximum absolute atomic E-state index is 13.9. The average Bonchev–Trinajstić information content (AvgIpc) is 2.75. The maximum Gasteiger partial charge on any atom is 0.238 e. The molecule has 1 aromatic carbocycles. The number of halogens is 1. The molecule has 1 amide bonds. The third kappa shape index (κ3) is 6.17. The molecule has 1 atom stereocenters. The summed E-state index contributed by atoms with van der Waals surface area (Å²) >= 11 is 0. The van der Waals surface area contributed by atoms with Crippen LogP contribution in [0.15, 0.2) is 18.2 Å². The number of methoxy groups -OCH3 is 1. The third-order valence-corrected chi connectivity index (χ3v) is 8.21. The van der Waals surface area contributed by atoms with Crippen LogP contribution in [0.4, 0.5) is 4.39 Å². The molecule has 0 spiro atoms. The average molecular weight is 456 g/mol. The summed E-state index contributed by atoms with van der Waals surface area (Å²) in [6, 6.07) is 4.45. The van der Waals surface area contributed by atoms with Crippen molar-refractivity contribution < 1.29 is 22.3 Å². The highest BCUT2D eigenvalue weighted by Gasteiger charge is 2.37. The molecule has 9 heteroatoms. The van der Waals surface area contributed by atoms with E-state index in [0.29, 0.717) is 25.9 Å². The van der Waals surface area contributed by atoms with Crippen LogP contribution in [0, 0.1) is 5.82 Å². The Hall–Kier alpha value is -1.71. The second kappa shape index (κ2) is 10.7.